The van der Waals surface area contributed by atoms with E-state index < -0.39 is 0 Å². The number of rotatable bonds is 0. The van der Waals surface area contributed by atoms with E-state index in [0.717, 1.165) is 82.9 Å². The molecule has 0 spiro atoms. The summed E-state index contributed by atoms with van der Waals surface area (Å²) in [5, 5.41) is 0. The average molecular weight is 1340 g/mol. The van der Waals surface area contributed by atoms with Crippen LogP contribution in [0.1, 0.15) is 134 Å². The van der Waals surface area contributed by atoms with Crippen molar-refractivity contribution in [3.05, 3.63) is 389 Å². The first kappa shape index (κ1) is 57.1. The van der Waals surface area contributed by atoms with Gasteiger partial charge in [0.2, 0.25) is 0 Å². The lowest BCUT2D eigenvalue weighted by Gasteiger charge is -2.40. The highest BCUT2D eigenvalue weighted by molar-refractivity contribution is 6.01. The molecular weight excluding hydrogens is 1270 g/mol. The van der Waals surface area contributed by atoms with E-state index >= 15 is 0 Å². The van der Waals surface area contributed by atoms with E-state index in [9.17, 15) is 0 Å². The summed E-state index contributed by atoms with van der Waals surface area (Å²) < 4.78 is 0. The summed E-state index contributed by atoms with van der Waals surface area (Å²) >= 11 is 0. The molecule has 6 heteroatoms. The van der Waals surface area contributed by atoms with Crippen molar-refractivity contribution < 1.29 is 0 Å². The highest BCUT2D eigenvalue weighted by atomic mass is 15.2. The van der Waals surface area contributed by atoms with E-state index in [1.807, 2.05) is 18.6 Å². The van der Waals surface area contributed by atoms with Gasteiger partial charge in [0.25, 0.3) is 0 Å². The monoisotopic (exact) mass is 1340 g/mol. The number of aromatic nitrogens is 3. The fraction of sp³-hybridized carbons (Fsp3) is 0.121. The van der Waals surface area contributed by atoms with Gasteiger partial charge in [0.05, 0.1) is 51.7 Å². The van der Waals surface area contributed by atoms with E-state index in [2.05, 4.69) is 262 Å². The lowest BCUT2D eigenvalue weighted by molar-refractivity contribution is 0.977. The van der Waals surface area contributed by atoms with Crippen LogP contribution in [-0.2, 0) is 77.0 Å². The van der Waals surface area contributed by atoms with Crippen LogP contribution in [0.4, 0.5) is 51.3 Å². The molecule has 15 aromatic rings. The number of nitrogens with zero attached hydrogens (tertiary/aromatic N) is 6. The molecule has 6 aliphatic heterocycles. The molecule has 0 radical (unpaired) electrons. The SMILES string of the molecule is c1ccc2c(c1)Cc1cc3c(cc1-2)Cc1cc2c(c4c1N3c1ccncc1C4)-c1ccccc1C2.c1ccc2c(c1)Cc1cc3c(cc1-2)Cc1cc2c(c4c1N3c1cnccc1C4)-c1ccccc1C2.c1ccc2c(c1)Cc1cc3c(cc1-2)Cc1cc2c(c4c1N3c1ncccc1C4)-c1ccccc1C2. The van der Waals surface area contributed by atoms with Crippen molar-refractivity contribution in [2.24, 2.45) is 0 Å². The third-order valence-corrected chi connectivity index (χ3v) is 25.6. The minimum Gasteiger partial charge on any atom is -0.309 e. The highest BCUT2D eigenvalue weighted by Gasteiger charge is 2.42. The number of pyridine rings is 3. The Bertz CT molecular complexity index is 5900. The van der Waals surface area contributed by atoms with Gasteiger partial charge in [0.15, 0.2) is 0 Å². The van der Waals surface area contributed by atoms with E-state index in [0.29, 0.717) is 0 Å². The van der Waals surface area contributed by atoms with Gasteiger partial charge in [-0.1, -0.05) is 170 Å². The van der Waals surface area contributed by atoms with Crippen LogP contribution < -0.4 is 14.7 Å². The van der Waals surface area contributed by atoms with Crippen molar-refractivity contribution in [3.8, 4) is 66.8 Å². The van der Waals surface area contributed by atoms with Crippen molar-refractivity contribution in [3.63, 3.8) is 0 Å². The fourth-order valence-corrected chi connectivity index (χ4v) is 21.4. The van der Waals surface area contributed by atoms with E-state index in [1.165, 1.54) is 246 Å². The Morgan fingerprint density at radius 3 is 1.03 bits per heavy atom. The molecule has 27 rings (SSSR count). The largest absolute Gasteiger partial charge is 0.309 e. The van der Waals surface area contributed by atoms with Crippen LogP contribution in [0.25, 0.3) is 66.8 Å². The van der Waals surface area contributed by atoms with Crippen LogP contribution in [0.2, 0.25) is 0 Å². The number of fused-ring (bicyclic) bond motifs is 33. The van der Waals surface area contributed by atoms with Crippen LogP contribution in [0.15, 0.2) is 255 Å². The summed E-state index contributed by atoms with van der Waals surface area (Å²) in [6.07, 6.45) is 22.0. The Labute approximate surface area is 609 Å². The molecular formula is C99H66N6. The smallest absolute Gasteiger partial charge is 0.141 e. The maximum absolute atomic E-state index is 4.94. The van der Waals surface area contributed by atoms with Gasteiger partial charge in [-0.15, -0.1) is 0 Å². The second-order valence-corrected chi connectivity index (χ2v) is 31.2. The van der Waals surface area contributed by atoms with Gasteiger partial charge in [0, 0.05) is 63.3 Å². The first-order chi connectivity index (χ1) is 52.0. The number of benzene rings is 12. The molecule has 9 heterocycles. The molecule has 12 aliphatic rings. The van der Waals surface area contributed by atoms with Gasteiger partial charge in [-0.05, 0) is 293 Å². The van der Waals surface area contributed by atoms with Gasteiger partial charge in [-0.25, -0.2) is 4.98 Å². The topological polar surface area (TPSA) is 48.4 Å². The average Bonchev–Trinajstić information content (AvgIpc) is 1.70. The second kappa shape index (κ2) is 21.1. The predicted molar refractivity (Wildman–Crippen MR) is 423 cm³/mol. The molecule has 0 fully saturated rings. The summed E-state index contributed by atoms with van der Waals surface area (Å²) in [4.78, 5) is 21.6. The van der Waals surface area contributed by atoms with Crippen LogP contribution in [0, 0.1) is 0 Å². The summed E-state index contributed by atoms with van der Waals surface area (Å²) in [5.41, 5.74) is 62.5. The summed E-state index contributed by atoms with van der Waals surface area (Å²) in [6, 6.07) is 84.8. The van der Waals surface area contributed by atoms with Crippen molar-refractivity contribution in [1.29, 1.82) is 0 Å². The molecule has 0 amide bonds. The van der Waals surface area contributed by atoms with Gasteiger partial charge < -0.3 is 9.80 Å². The molecule has 6 aliphatic carbocycles. The first-order valence-corrected chi connectivity index (χ1v) is 37.7. The fourth-order valence-electron chi connectivity index (χ4n) is 21.4. The zero-order chi connectivity index (χ0) is 68.0. The second-order valence-electron chi connectivity index (χ2n) is 31.2. The van der Waals surface area contributed by atoms with Crippen molar-refractivity contribution >= 4 is 51.3 Å². The maximum atomic E-state index is 4.94. The summed E-state index contributed by atoms with van der Waals surface area (Å²) in [6.45, 7) is 0. The normalized spacial score (nSPS) is 14.9. The first-order valence-electron chi connectivity index (χ1n) is 37.7. The Kier molecular flexibility index (Phi) is 11.5. The standard InChI is InChI=1S/3C33H22N2/c1-3-9-26-19(6-1)12-22-18-30-23(17-28(22)26)14-25-15-24-13-20-7-2-4-10-27(20)31(24)29-16-21-8-5-11-34-33(21)35(30)32(25)29;1-3-7-26-19(5-1)11-21-17-31-22(15-28(21)26)13-24-14-23-12-20-6-2-4-8-27(20)32(23)29-16-25-18-34-10-9-30(25)35(31)33(24)29;1-3-7-26-19(5-1)11-22-17-30-23(16-28(22)26)13-25-14-24-12-20-6-2-4-8-27(20)32(24)29-15-21-9-10-34-18-31(21)35(30)33(25)29/h1-11,15,17-18H,12-14,16H2;1-10,14-15,17-18H,11-13,16H2;1-10,14,16-18H,11-13,15H2. The number of hydrogen-bond acceptors (Lipinski definition) is 6. The van der Waals surface area contributed by atoms with E-state index in [-0.39, 0.29) is 0 Å². The van der Waals surface area contributed by atoms with E-state index in [1.54, 1.807) is 0 Å². The molecule has 492 valence electrons. The minimum atomic E-state index is 0.950. The molecule has 0 saturated heterocycles. The molecule has 0 N–H and O–H groups in total. The van der Waals surface area contributed by atoms with Gasteiger partial charge in [-0.3, -0.25) is 14.9 Å². The van der Waals surface area contributed by atoms with E-state index in [4.69, 9.17) is 4.98 Å². The zero-order valence-electron chi connectivity index (χ0n) is 57.9. The lowest BCUT2D eigenvalue weighted by Crippen LogP contribution is -2.26. The van der Waals surface area contributed by atoms with Gasteiger partial charge >= 0.3 is 0 Å². The molecule has 0 saturated carbocycles. The molecule has 0 atom stereocenters. The molecule has 105 heavy (non-hydrogen) atoms. The molecule has 12 aromatic carbocycles. The Morgan fingerprint density at radius 2 is 0.552 bits per heavy atom. The van der Waals surface area contributed by atoms with Crippen molar-refractivity contribution in [2.45, 2.75) is 77.0 Å². The Balaban J connectivity index is 0.0000000914. The zero-order valence-corrected chi connectivity index (χ0v) is 57.9. The summed E-state index contributed by atoms with van der Waals surface area (Å²) in [7, 11) is 0. The van der Waals surface area contributed by atoms with Crippen LogP contribution >= 0.6 is 0 Å². The molecule has 0 unspecified atom stereocenters. The highest BCUT2D eigenvalue weighted by Crippen LogP contribution is 2.61. The lowest BCUT2D eigenvalue weighted by atomic mass is 9.81. The molecule has 3 aromatic heterocycles. The predicted octanol–water partition coefficient (Wildman–Crippen LogP) is 22.5. The quantitative estimate of drug-likeness (QED) is 0.151. The summed E-state index contributed by atoms with van der Waals surface area (Å²) in [5.74, 6) is 1.10. The third-order valence-electron chi connectivity index (χ3n) is 25.6. The Hall–Kier alpha value is -12.5. The van der Waals surface area contributed by atoms with Crippen LogP contribution in [0.3, 0.4) is 0 Å². The van der Waals surface area contributed by atoms with Gasteiger partial charge in [0.1, 0.15) is 5.82 Å². The van der Waals surface area contributed by atoms with Crippen LogP contribution in [-0.4, -0.2) is 15.0 Å². The molecule has 0 bridgehead atoms. The van der Waals surface area contributed by atoms with Crippen molar-refractivity contribution in [2.75, 3.05) is 14.7 Å². The number of hydrogen-bond donors (Lipinski definition) is 0. The van der Waals surface area contributed by atoms with Crippen molar-refractivity contribution in [1.82, 2.24) is 15.0 Å². The number of anilines is 9. The minimum absolute atomic E-state index is 0.950. The maximum Gasteiger partial charge on any atom is 0.141 e. The van der Waals surface area contributed by atoms with Crippen LogP contribution in [0.5, 0.6) is 0 Å². The Morgan fingerprint density at radius 1 is 0.200 bits per heavy atom. The third kappa shape index (κ3) is 8.01. The van der Waals surface area contributed by atoms with Gasteiger partial charge in [-0.2, -0.15) is 0 Å². The molecule has 6 nitrogen and oxygen atoms in total.